The minimum atomic E-state index is 0.210. The normalized spacial score (nSPS) is 24.6. The topological polar surface area (TPSA) is 28.2 Å². The molecule has 2 aromatic rings. The van der Waals surface area contributed by atoms with E-state index in [1.54, 1.807) is 0 Å². The maximum absolute atomic E-state index is 6.05. The number of hydrogen-bond acceptors (Lipinski definition) is 3. The number of hydrogen-bond donors (Lipinski definition) is 1. The summed E-state index contributed by atoms with van der Waals surface area (Å²) in [5, 5.41) is 5.49. The van der Waals surface area contributed by atoms with Crippen molar-refractivity contribution in [1.82, 2.24) is 9.88 Å². The van der Waals surface area contributed by atoms with E-state index in [1.165, 1.54) is 19.4 Å². The van der Waals surface area contributed by atoms with Gasteiger partial charge in [-0.05, 0) is 43.7 Å². The van der Waals surface area contributed by atoms with Gasteiger partial charge in [-0.3, -0.25) is 9.88 Å². The van der Waals surface area contributed by atoms with Crippen molar-refractivity contribution < 1.29 is 0 Å². The zero-order valence-corrected chi connectivity index (χ0v) is 12.6. The predicted molar refractivity (Wildman–Crippen MR) is 87.9 cm³/mol. The van der Waals surface area contributed by atoms with Crippen LogP contribution in [0.4, 0.5) is 5.69 Å². The van der Waals surface area contributed by atoms with Crippen LogP contribution in [0.1, 0.15) is 12.8 Å². The van der Waals surface area contributed by atoms with Crippen molar-refractivity contribution in [3.8, 4) is 0 Å². The number of halogens is 1. The molecule has 1 unspecified atom stereocenters. The summed E-state index contributed by atoms with van der Waals surface area (Å²) in [5.41, 5.74) is 2.29. The zero-order chi connectivity index (χ0) is 14.3. The molecule has 4 heteroatoms. The minimum Gasteiger partial charge on any atom is -0.382 e. The summed E-state index contributed by atoms with van der Waals surface area (Å²) in [5.74, 6) is 0. The summed E-state index contributed by atoms with van der Waals surface area (Å²) in [6.45, 7) is 3.25. The first-order chi connectivity index (χ1) is 10.3. The largest absolute Gasteiger partial charge is 0.382 e. The molecule has 1 saturated heterocycles. The van der Waals surface area contributed by atoms with Crippen LogP contribution >= 0.6 is 11.6 Å². The first-order valence-corrected chi connectivity index (χ1v) is 7.86. The predicted octanol–water partition coefficient (Wildman–Crippen LogP) is 3.70. The molecule has 2 aliphatic rings. The van der Waals surface area contributed by atoms with Crippen LogP contribution in [0.15, 0.2) is 42.6 Å². The van der Waals surface area contributed by atoms with Gasteiger partial charge in [-0.1, -0.05) is 23.8 Å². The number of nitrogens with zero attached hydrogens (tertiary/aromatic N) is 2. The summed E-state index contributed by atoms with van der Waals surface area (Å²) in [6.07, 6.45) is 9.05. The number of nitrogens with one attached hydrogen (secondary N) is 1. The second-order valence-corrected chi connectivity index (χ2v) is 6.37. The number of benzene rings is 1. The van der Waals surface area contributed by atoms with E-state index in [-0.39, 0.29) is 5.54 Å². The van der Waals surface area contributed by atoms with E-state index in [0.29, 0.717) is 0 Å². The Balaban J connectivity index is 1.62. The van der Waals surface area contributed by atoms with Gasteiger partial charge in [-0.25, -0.2) is 0 Å². The molecule has 108 valence electrons. The molecular weight excluding hydrogens is 282 g/mol. The molecular formula is C17H18ClN3. The summed E-state index contributed by atoms with van der Waals surface area (Å²) in [4.78, 5) is 6.97. The van der Waals surface area contributed by atoms with E-state index in [2.05, 4.69) is 27.4 Å². The van der Waals surface area contributed by atoms with Crippen molar-refractivity contribution in [2.75, 3.05) is 25.0 Å². The number of fused-ring (bicyclic) bond motifs is 2. The Morgan fingerprint density at radius 2 is 2.29 bits per heavy atom. The molecule has 3 heterocycles. The monoisotopic (exact) mass is 299 g/mol. The van der Waals surface area contributed by atoms with Gasteiger partial charge in [-0.15, -0.1) is 0 Å². The maximum atomic E-state index is 6.05. The fraction of sp³-hybridized carbons (Fsp3) is 0.353. The van der Waals surface area contributed by atoms with Crippen LogP contribution in [0.3, 0.4) is 0 Å². The lowest BCUT2D eigenvalue weighted by Gasteiger charge is -2.32. The second kappa shape index (κ2) is 5.00. The molecule has 0 saturated carbocycles. The highest BCUT2D eigenvalue weighted by molar-refractivity contribution is 6.31. The first kappa shape index (κ1) is 13.1. The van der Waals surface area contributed by atoms with E-state index >= 15 is 0 Å². The average Bonchev–Trinajstić information content (AvgIpc) is 3.04. The first-order valence-electron chi connectivity index (χ1n) is 7.48. The van der Waals surface area contributed by atoms with Crippen molar-refractivity contribution in [3.05, 3.63) is 47.6 Å². The number of rotatable bonds is 3. The van der Waals surface area contributed by atoms with E-state index in [9.17, 15) is 0 Å². The van der Waals surface area contributed by atoms with Crippen LogP contribution in [0, 0.1) is 0 Å². The summed E-state index contributed by atoms with van der Waals surface area (Å²) < 4.78 is 0. The molecule has 21 heavy (non-hydrogen) atoms. The highest BCUT2D eigenvalue weighted by Gasteiger charge is 2.40. The maximum Gasteiger partial charge on any atom is 0.0737 e. The van der Waals surface area contributed by atoms with Crippen LogP contribution in [-0.2, 0) is 0 Å². The van der Waals surface area contributed by atoms with Gasteiger partial charge in [0.25, 0.3) is 0 Å². The summed E-state index contributed by atoms with van der Waals surface area (Å²) in [7, 11) is 0. The van der Waals surface area contributed by atoms with Crippen LogP contribution in [0.25, 0.3) is 10.9 Å². The number of aromatic nitrogens is 1. The molecule has 4 rings (SSSR count). The lowest BCUT2D eigenvalue weighted by atomic mass is 9.97. The fourth-order valence-electron chi connectivity index (χ4n) is 3.60. The highest BCUT2D eigenvalue weighted by Crippen LogP contribution is 2.35. The standard InChI is InChI=1S/C17H18ClN3/c18-13-3-4-14-15(5-8-19-16(14)11-13)20-12-17-6-1-9-21(17)10-2-7-17/h1,3-6,8,11H,2,7,9-10,12H2,(H,19,20). The molecule has 0 aliphatic carbocycles. The Kier molecular flexibility index (Phi) is 3.12. The van der Waals surface area contributed by atoms with Gasteiger partial charge in [0.2, 0.25) is 0 Å². The van der Waals surface area contributed by atoms with Gasteiger partial charge < -0.3 is 5.32 Å². The zero-order valence-electron chi connectivity index (χ0n) is 11.8. The fourth-order valence-corrected chi connectivity index (χ4v) is 3.77. The van der Waals surface area contributed by atoms with Gasteiger partial charge in [0.1, 0.15) is 0 Å². The third kappa shape index (κ3) is 2.21. The van der Waals surface area contributed by atoms with Gasteiger partial charge in [0.05, 0.1) is 11.1 Å². The lowest BCUT2D eigenvalue weighted by molar-refractivity contribution is 0.238. The molecule has 0 amide bonds. The van der Waals surface area contributed by atoms with Crippen molar-refractivity contribution >= 4 is 28.2 Å². The minimum absolute atomic E-state index is 0.210. The Morgan fingerprint density at radius 1 is 1.33 bits per heavy atom. The van der Waals surface area contributed by atoms with Gasteiger partial charge in [0, 0.05) is 35.4 Å². The van der Waals surface area contributed by atoms with E-state index < -0.39 is 0 Å². The van der Waals surface area contributed by atoms with Crippen molar-refractivity contribution in [3.63, 3.8) is 0 Å². The molecule has 1 atom stereocenters. The van der Waals surface area contributed by atoms with Gasteiger partial charge in [-0.2, -0.15) is 0 Å². The lowest BCUT2D eigenvalue weighted by Crippen LogP contribution is -2.44. The van der Waals surface area contributed by atoms with Crippen LogP contribution in [-0.4, -0.2) is 35.1 Å². The third-order valence-electron chi connectivity index (χ3n) is 4.71. The Hall–Kier alpha value is -1.58. The number of anilines is 1. The van der Waals surface area contributed by atoms with Gasteiger partial charge >= 0.3 is 0 Å². The SMILES string of the molecule is Clc1ccc2c(NCC34C=CCN3CCC4)ccnc2c1. The van der Waals surface area contributed by atoms with Crippen molar-refractivity contribution in [1.29, 1.82) is 0 Å². The van der Waals surface area contributed by atoms with Crippen molar-refractivity contribution in [2.45, 2.75) is 18.4 Å². The number of pyridine rings is 1. The van der Waals surface area contributed by atoms with Crippen LogP contribution in [0.2, 0.25) is 5.02 Å². The van der Waals surface area contributed by atoms with Gasteiger partial charge in [0.15, 0.2) is 0 Å². The molecule has 2 aliphatic heterocycles. The Bertz CT molecular complexity index is 712. The van der Waals surface area contributed by atoms with E-state index in [0.717, 1.165) is 34.7 Å². The Morgan fingerprint density at radius 3 is 3.24 bits per heavy atom. The molecule has 0 bridgehead atoms. The molecule has 1 aromatic heterocycles. The molecule has 0 spiro atoms. The summed E-state index contributed by atoms with van der Waals surface area (Å²) in [6, 6.07) is 7.93. The second-order valence-electron chi connectivity index (χ2n) is 5.93. The Labute approximate surface area is 129 Å². The van der Waals surface area contributed by atoms with Crippen LogP contribution < -0.4 is 5.32 Å². The van der Waals surface area contributed by atoms with Crippen molar-refractivity contribution in [2.24, 2.45) is 0 Å². The quantitative estimate of drug-likeness (QED) is 0.876. The van der Waals surface area contributed by atoms with E-state index in [1.807, 2.05) is 30.5 Å². The molecule has 1 N–H and O–H groups in total. The smallest absolute Gasteiger partial charge is 0.0737 e. The third-order valence-corrected chi connectivity index (χ3v) is 4.95. The highest BCUT2D eigenvalue weighted by atomic mass is 35.5. The molecule has 1 aromatic carbocycles. The molecule has 3 nitrogen and oxygen atoms in total. The van der Waals surface area contributed by atoms with E-state index in [4.69, 9.17) is 11.6 Å². The average molecular weight is 300 g/mol. The molecule has 1 fully saturated rings. The molecule has 0 radical (unpaired) electrons. The summed E-state index contributed by atoms with van der Waals surface area (Å²) >= 11 is 6.05. The van der Waals surface area contributed by atoms with Crippen LogP contribution in [0.5, 0.6) is 0 Å².